The van der Waals surface area contributed by atoms with E-state index in [-0.39, 0.29) is 10.8 Å². The molecule has 0 spiro atoms. The number of alkyl halides is 1. The molecule has 0 aromatic rings. The lowest BCUT2D eigenvalue weighted by Gasteiger charge is -2.11. The molecule has 16 heavy (non-hydrogen) atoms. The smallest absolute Gasteiger partial charge is 0.320 e. The van der Waals surface area contributed by atoms with Gasteiger partial charge in [0.25, 0.3) is 0 Å². The van der Waals surface area contributed by atoms with Gasteiger partial charge in [-0.1, -0.05) is 15.9 Å². The first-order chi connectivity index (χ1) is 7.74. The maximum atomic E-state index is 11.1. The van der Waals surface area contributed by atoms with E-state index in [0.717, 1.165) is 26.0 Å². The van der Waals surface area contributed by atoms with E-state index in [1.807, 2.05) is 0 Å². The monoisotopic (exact) mass is 293 g/mol. The van der Waals surface area contributed by atoms with Crippen molar-refractivity contribution in [2.75, 3.05) is 26.8 Å². The van der Waals surface area contributed by atoms with Gasteiger partial charge in [0.15, 0.2) is 0 Å². The Morgan fingerprint density at radius 1 is 1.69 bits per heavy atom. The number of hydrogen-bond acceptors (Lipinski definition) is 4. The molecule has 4 nitrogen and oxygen atoms in total. The summed E-state index contributed by atoms with van der Waals surface area (Å²) in [5.41, 5.74) is 0. The van der Waals surface area contributed by atoms with Crippen molar-refractivity contribution in [2.45, 2.75) is 36.6 Å². The summed E-state index contributed by atoms with van der Waals surface area (Å²) in [6.45, 7) is 2.45. The minimum Gasteiger partial charge on any atom is -0.468 e. The van der Waals surface area contributed by atoms with Crippen LogP contribution in [-0.4, -0.2) is 43.7 Å². The molecule has 1 aliphatic heterocycles. The molecule has 5 heteroatoms. The third-order valence-electron chi connectivity index (χ3n) is 2.68. The highest BCUT2D eigenvalue weighted by atomic mass is 79.9. The number of ether oxygens (including phenoxy) is 2. The second-order valence-electron chi connectivity index (χ2n) is 3.97. The van der Waals surface area contributed by atoms with Crippen LogP contribution in [0.25, 0.3) is 0 Å². The average molecular weight is 294 g/mol. The van der Waals surface area contributed by atoms with Crippen LogP contribution in [0.2, 0.25) is 0 Å². The van der Waals surface area contributed by atoms with E-state index in [1.165, 1.54) is 20.0 Å². The van der Waals surface area contributed by atoms with Gasteiger partial charge in [-0.25, -0.2) is 0 Å². The van der Waals surface area contributed by atoms with Crippen molar-refractivity contribution >= 4 is 21.9 Å². The third kappa shape index (κ3) is 5.27. The van der Waals surface area contributed by atoms with Gasteiger partial charge in [-0.05, 0) is 32.2 Å². The Labute approximate surface area is 105 Å². The summed E-state index contributed by atoms with van der Waals surface area (Å²) in [6.07, 6.45) is 5.05. The number of carbonyl (C=O) groups excluding carboxylic acids is 1. The molecule has 2 atom stereocenters. The molecular weight excluding hydrogens is 274 g/mol. The number of hydrogen-bond donors (Lipinski definition) is 1. The highest BCUT2D eigenvalue weighted by Crippen LogP contribution is 2.16. The molecule has 0 aliphatic carbocycles. The molecule has 0 bridgehead atoms. The van der Waals surface area contributed by atoms with Gasteiger partial charge in [-0.2, -0.15) is 0 Å². The van der Waals surface area contributed by atoms with E-state index in [9.17, 15) is 4.79 Å². The molecule has 1 fully saturated rings. The second-order valence-corrected chi connectivity index (χ2v) is 5.08. The molecule has 1 saturated heterocycles. The van der Waals surface area contributed by atoms with Crippen molar-refractivity contribution in [1.82, 2.24) is 5.32 Å². The number of carbonyl (C=O) groups is 1. The molecule has 94 valence electrons. The maximum Gasteiger partial charge on any atom is 0.320 e. The van der Waals surface area contributed by atoms with E-state index in [0.29, 0.717) is 12.6 Å². The molecule has 2 unspecified atom stereocenters. The van der Waals surface area contributed by atoms with Gasteiger partial charge in [0.2, 0.25) is 0 Å². The van der Waals surface area contributed by atoms with E-state index in [4.69, 9.17) is 4.74 Å². The Bertz CT molecular complexity index is 207. The molecule has 1 aliphatic rings. The first-order valence-electron chi connectivity index (χ1n) is 5.78. The summed E-state index contributed by atoms with van der Waals surface area (Å²) in [7, 11) is 1.40. The largest absolute Gasteiger partial charge is 0.468 e. The molecule has 1 rings (SSSR count). The van der Waals surface area contributed by atoms with Gasteiger partial charge in [0, 0.05) is 13.2 Å². The zero-order valence-electron chi connectivity index (χ0n) is 9.71. The highest BCUT2D eigenvalue weighted by Gasteiger charge is 2.16. The topological polar surface area (TPSA) is 47.6 Å². The lowest BCUT2D eigenvalue weighted by Crippen LogP contribution is -2.30. The second kappa shape index (κ2) is 8.03. The first kappa shape index (κ1) is 13.9. The summed E-state index contributed by atoms with van der Waals surface area (Å²) >= 11 is 3.26. The van der Waals surface area contributed by atoms with Crippen LogP contribution < -0.4 is 5.32 Å². The zero-order valence-corrected chi connectivity index (χ0v) is 11.3. The van der Waals surface area contributed by atoms with Crippen LogP contribution in [0.4, 0.5) is 0 Å². The number of esters is 1. The van der Waals surface area contributed by atoms with Crippen LogP contribution >= 0.6 is 15.9 Å². The molecule has 1 N–H and O–H groups in total. The Balaban J connectivity index is 1.92. The van der Waals surface area contributed by atoms with Crippen molar-refractivity contribution in [3.63, 3.8) is 0 Å². The Kier molecular flexibility index (Phi) is 7.00. The fourth-order valence-corrected chi connectivity index (χ4v) is 2.18. The van der Waals surface area contributed by atoms with Crippen LogP contribution in [0.1, 0.15) is 25.7 Å². The van der Waals surface area contributed by atoms with Crippen LogP contribution in [0, 0.1) is 0 Å². The minimum atomic E-state index is -0.250. The fraction of sp³-hybridized carbons (Fsp3) is 0.909. The third-order valence-corrected chi connectivity index (χ3v) is 3.38. The predicted octanol–water partition coefficient (Wildman–Crippen LogP) is 1.47. The van der Waals surface area contributed by atoms with Gasteiger partial charge < -0.3 is 14.8 Å². The SMILES string of the molecule is COC(=O)C(Br)CNCCCC1CCCO1. The Morgan fingerprint density at radius 2 is 2.50 bits per heavy atom. The molecule has 0 amide bonds. The quantitative estimate of drug-likeness (QED) is 0.439. The first-order valence-corrected chi connectivity index (χ1v) is 6.70. The summed E-state index contributed by atoms with van der Waals surface area (Å²) in [6, 6.07) is 0. The number of nitrogens with one attached hydrogen (secondary N) is 1. The van der Waals surface area contributed by atoms with Crippen molar-refractivity contribution < 1.29 is 14.3 Å². The van der Waals surface area contributed by atoms with Gasteiger partial charge in [-0.3, -0.25) is 4.79 Å². The standard InChI is InChI=1S/C11H20BrNO3/c1-15-11(14)10(12)8-13-6-2-4-9-5-3-7-16-9/h9-10,13H,2-8H2,1H3. The van der Waals surface area contributed by atoms with Gasteiger partial charge in [0.05, 0.1) is 13.2 Å². The summed E-state index contributed by atoms with van der Waals surface area (Å²) in [4.78, 5) is 10.8. The Hall–Kier alpha value is -0.130. The number of rotatable bonds is 7. The van der Waals surface area contributed by atoms with Crippen LogP contribution in [-0.2, 0) is 14.3 Å². The zero-order chi connectivity index (χ0) is 11.8. The predicted molar refractivity (Wildman–Crippen MR) is 65.8 cm³/mol. The summed E-state index contributed by atoms with van der Waals surface area (Å²) < 4.78 is 10.1. The minimum absolute atomic E-state index is 0.230. The average Bonchev–Trinajstić information content (AvgIpc) is 2.80. The lowest BCUT2D eigenvalue weighted by molar-refractivity contribution is -0.139. The van der Waals surface area contributed by atoms with Crippen LogP contribution in [0.5, 0.6) is 0 Å². The van der Waals surface area contributed by atoms with Crippen molar-refractivity contribution in [3.8, 4) is 0 Å². The molecule has 0 aromatic heterocycles. The van der Waals surface area contributed by atoms with E-state index in [2.05, 4.69) is 26.0 Å². The molecule has 0 saturated carbocycles. The Morgan fingerprint density at radius 3 is 3.12 bits per heavy atom. The molecular formula is C11H20BrNO3. The van der Waals surface area contributed by atoms with Gasteiger partial charge in [0.1, 0.15) is 4.83 Å². The number of halogens is 1. The maximum absolute atomic E-state index is 11.1. The number of methoxy groups -OCH3 is 1. The van der Waals surface area contributed by atoms with Crippen LogP contribution in [0.15, 0.2) is 0 Å². The normalized spacial score (nSPS) is 22.0. The van der Waals surface area contributed by atoms with E-state index >= 15 is 0 Å². The van der Waals surface area contributed by atoms with Gasteiger partial charge in [-0.15, -0.1) is 0 Å². The van der Waals surface area contributed by atoms with Crippen molar-refractivity contribution in [2.24, 2.45) is 0 Å². The van der Waals surface area contributed by atoms with Crippen LogP contribution in [0.3, 0.4) is 0 Å². The summed E-state index contributed by atoms with van der Waals surface area (Å²) in [5, 5.41) is 3.22. The highest BCUT2D eigenvalue weighted by molar-refractivity contribution is 9.10. The molecule has 0 radical (unpaired) electrons. The summed E-state index contributed by atoms with van der Waals surface area (Å²) in [5.74, 6) is -0.230. The van der Waals surface area contributed by atoms with Crippen molar-refractivity contribution in [1.29, 1.82) is 0 Å². The fourth-order valence-electron chi connectivity index (χ4n) is 1.77. The molecule has 1 heterocycles. The lowest BCUT2D eigenvalue weighted by atomic mass is 10.1. The van der Waals surface area contributed by atoms with Crippen molar-refractivity contribution in [3.05, 3.63) is 0 Å². The van der Waals surface area contributed by atoms with Gasteiger partial charge >= 0.3 is 5.97 Å². The van der Waals surface area contributed by atoms with E-state index < -0.39 is 0 Å². The van der Waals surface area contributed by atoms with E-state index in [1.54, 1.807) is 0 Å². The molecule has 0 aromatic carbocycles.